The molecule has 0 atom stereocenters. The molecule has 0 bridgehead atoms. The molecule has 1 amide bonds. The van der Waals surface area contributed by atoms with Crippen LogP contribution in [-0.2, 0) is 0 Å². The van der Waals surface area contributed by atoms with Gasteiger partial charge in [-0.2, -0.15) is 5.10 Å². The minimum atomic E-state index is -0.337. The Bertz CT molecular complexity index is 885. The average molecular weight is 395 g/mol. The molecule has 0 aliphatic heterocycles. The maximum Gasteiger partial charge on any atom is 0.292 e. The summed E-state index contributed by atoms with van der Waals surface area (Å²) in [5.74, 6) is 0.464. The van der Waals surface area contributed by atoms with Gasteiger partial charge in [0.2, 0.25) is 0 Å². The number of furan rings is 1. The number of anilines is 1. The number of rotatable bonds is 3. The predicted molar refractivity (Wildman–Crippen MR) is 92.4 cm³/mol. The quantitative estimate of drug-likeness (QED) is 0.697. The third-order valence-electron chi connectivity index (χ3n) is 3.22. The lowest BCUT2D eigenvalue weighted by Gasteiger charge is -2.08. The van der Waals surface area contributed by atoms with Crippen molar-refractivity contribution in [3.05, 3.63) is 63.1 Å². The monoisotopic (exact) mass is 393 g/mol. The van der Waals surface area contributed by atoms with Crippen LogP contribution in [0.15, 0.2) is 45.5 Å². The molecule has 0 unspecified atom stereocenters. The van der Waals surface area contributed by atoms with Gasteiger partial charge < -0.3 is 9.73 Å². The van der Waals surface area contributed by atoms with Gasteiger partial charge in [-0.1, -0.05) is 17.7 Å². The fourth-order valence-corrected chi connectivity index (χ4v) is 2.92. The SMILES string of the molecule is Cc1cc(NC(=O)c2oc(Br)cc2C)n(-c2cccc(Cl)c2)n1. The maximum atomic E-state index is 12.4. The van der Waals surface area contributed by atoms with Gasteiger partial charge in [0.1, 0.15) is 5.82 Å². The van der Waals surface area contributed by atoms with Crippen LogP contribution >= 0.6 is 27.5 Å². The van der Waals surface area contributed by atoms with Crippen LogP contribution in [0.2, 0.25) is 5.02 Å². The number of halogens is 2. The summed E-state index contributed by atoms with van der Waals surface area (Å²) in [5, 5.41) is 7.82. The third-order valence-corrected chi connectivity index (χ3v) is 3.85. The first kappa shape index (κ1) is 15.8. The highest BCUT2D eigenvalue weighted by Crippen LogP contribution is 2.23. The van der Waals surface area contributed by atoms with E-state index in [1.807, 2.05) is 26.0 Å². The van der Waals surface area contributed by atoms with E-state index in [1.54, 1.807) is 28.9 Å². The molecule has 23 heavy (non-hydrogen) atoms. The number of aryl methyl sites for hydroxylation is 2. The molecule has 2 heterocycles. The van der Waals surface area contributed by atoms with E-state index in [0.717, 1.165) is 16.9 Å². The second-order valence-corrected chi connectivity index (χ2v) is 6.30. The van der Waals surface area contributed by atoms with Gasteiger partial charge in [0.25, 0.3) is 5.91 Å². The zero-order valence-corrected chi connectivity index (χ0v) is 14.8. The number of carbonyl (C=O) groups excluding carboxylic acids is 1. The summed E-state index contributed by atoms with van der Waals surface area (Å²) >= 11 is 9.25. The van der Waals surface area contributed by atoms with E-state index in [2.05, 4.69) is 26.3 Å². The highest BCUT2D eigenvalue weighted by atomic mass is 79.9. The first-order valence-corrected chi connectivity index (χ1v) is 8.01. The van der Waals surface area contributed by atoms with E-state index >= 15 is 0 Å². The first-order chi connectivity index (χ1) is 10.9. The van der Waals surface area contributed by atoms with Crippen molar-refractivity contribution in [3.63, 3.8) is 0 Å². The summed E-state index contributed by atoms with van der Waals surface area (Å²) in [6.07, 6.45) is 0. The molecule has 0 saturated carbocycles. The van der Waals surface area contributed by atoms with E-state index in [1.165, 1.54) is 0 Å². The van der Waals surface area contributed by atoms with E-state index in [-0.39, 0.29) is 11.7 Å². The Hall–Kier alpha value is -2.05. The fraction of sp³-hybridized carbons (Fsp3) is 0.125. The summed E-state index contributed by atoms with van der Waals surface area (Å²) in [4.78, 5) is 12.4. The van der Waals surface area contributed by atoms with E-state index in [9.17, 15) is 4.79 Å². The number of carbonyl (C=O) groups is 1. The standard InChI is InChI=1S/C16H13BrClN3O2/c1-9-6-13(17)23-15(9)16(22)19-14-7-10(2)20-21(14)12-5-3-4-11(18)8-12/h3-8H,1-2H3,(H,19,22). The van der Waals surface area contributed by atoms with Gasteiger partial charge in [-0.15, -0.1) is 0 Å². The largest absolute Gasteiger partial charge is 0.444 e. The topological polar surface area (TPSA) is 60.1 Å². The first-order valence-electron chi connectivity index (χ1n) is 6.84. The van der Waals surface area contributed by atoms with Crippen molar-refractivity contribution < 1.29 is 9.21 Å². The molecule has 3 rings (SSSR count). The Balaban J connectivity index is 1.95. The number of benzene rings is 1. The van der Waals surface area contributed by atoms with Crippen molar-refractivity contribution in [2.24, 2.45) is 0 Å². The highest BCUT2D eigenvalue weighted by Gasteiger charge is 2.18. The van der Waals surface area contributed by atoms with Crippen LogP contribution in [0.4, 0.5) is 5.82 Å². The number of amides is 1. The molecule has 0 fully saturated rings. The Morgan fingerprint density at radius 1 is 1.30 bits per heavy atom. The van der Waals surface area contributed by atoms with Gasteiger partial charge in [-0.3, -0.25) is 4.79 Å². The number of nitrogens with zero attached hydrogens (tertiary/aromatic N) is 2. The van der Waals surface area contributed by atoms with Gasteiger partial charge in [-0.25, -0.2) is 4.68 Å². The summed E-state index contributed by atoms with van der Waals surface area (Å²) in [7, 11) is 0. The second-order valence-electron chi connectivity index (χ2n) is 5.08. The molecule has 0 radical (unpaired) electrons. The molecule has 7 heteroatoms. The van der Waals surface area contributed by atoms with E-state index < -0.39 is 0 Å². The lowest BCUT2D eigenvalue weighted by Crippen LogP contribution is -2.15. The van der Waals surface area contributed by atoms with Gasteiger partial charge in [0.15, 0.2) is 10.4 Å². The lowest BCUT2D eigenvalue weighted by molar-refractivity contribution is 0.0994. The summed E-state index contributed by atoms with van der Waals surface area (Å²) in [6, 6.07) is 10.8. The van der Waals surface area contributed by atoms with Crippen molar-refractivity contribution in [2.75, 3.05) is 5.32 Å². The summed E-state index contributed by atoms with van der Waals surface area (Å²) < 4.78 is 7.52. The average Bonchev–Trinajstić information content (AvgIpc) is 3.01. The Labute approximate surface area is 146 Å². The zero-order chi connectivity index (χ0) is 16.6. The van der Waals surface area contributed by atoms with Crippen LogP contribution in [0.5, 0.6) is 0 Å². The molecule has 3 aromatic rings. The maximum absolute atomic E-state index is 12.4. The molecule has 118 valence electrons. The van der Waals surface area contributed by atoms with E-state index in [4.69, 9.17) is 16.0 Å². The Morgan fingerprint density at radius 3 is 2.74 bits per heavy atom. The second kappa shape index (κ2) is 6.22. The molecule has 0 aliphatic rings. The normalized spacial score (nSPS) is 10.8. The van der Waals surface area contributed by atoms with Crippen molar-refractivity contribution in [1.29, 1.82) is 0 Å². The molecule has 1 aromatic carbocycles. The molecule has 0 aliphatic carbocycles. The van der Waals surface area contributed by atoms with Gasteiger partial charge in [0.05, 0.1) is 11.4 Å². The van der Waals surface area contributed by atoms with Gasteiger partial charge in [0, 0.05) is 16.7 Å². The summed E-state index contributed by atoms with van der Waals surface area (Å²) in [5.41, 5.74) is 2.29. The number of hydrogen-bond acceptors (Lipinski definition) is 3. The van der Waals surface area contributed by atoms with Crippen LogP contribution in [-0.4, -0.2) is 15.7 Å². The van der Waals surface area contributed by atoms with Crippen molar-refractivity contribution in [2.45, 2.75) is 13.8 Å². The van der Waals surface area contributed by atoms with Gasteiger partial charge >= 0.3 is 0 Å². The highest BCUT2D eigenvalue weighted by molar-refractivity contribution is 9.10. The Morgan fingerprint density at radius 2 is 2.09 bits per heavy atom. The van der Waals surface area contributed by atoms with Crippen molar-refractivity contribution in [3.8, 4) is 5.69 Å². The zero-order valence-electron chi connectivity index (χ0n) is 12.4. The van der Waals surface area contributed by atoms with Gasteiger partial charge in [-0.05, 0) is 54.0 Å². The lowest BCUT2D eigenvalue weighted by atomic mass is 10.2. The molecule has 0 spiro atoms. The number of nitrogens with one attached hydrogen (secondary N) is 1. The number of hydrogen-bond donors (Lipinski definition) is 1. The fourth-order valence-electron chi connectivity index (χ4n) is 2.23. The van der Waals surface area contributed by atoms with E-state index in [0.29, 0.717) is 15.5 Å². The molecule has 5 nitrogen and oxygen atoms in total. The summed E-state index contributed by atoms with van der Waals surface area (Å²) in [6.45, 7) is 3.66. The molecule has 0 saturated heterocycles. The van der Waals surface area contributed by atoms with Crippen molar-refractivity contribution >= 4 is 39.3 Å². The van der Waals surface area contributed by atoms with Crippen LogP contribution in [0.1, 0.15) is 21.8 Å². The van der Waals surface area contributed by atoms with Crippen LogP contribution < -0.4 is 5.32 Å². The Kier molecular flexibility index (Phi) is 4.28. The van der Waals surface area contributed by atoms with Crippen LogP contribution in [0.3, 0.4) is 0 Å². The van der Waals surface area contributed by atoms with Crippen molar-refractivity contribution in [1.82, 2.24) is 9.78 Å². The third kappa shape index (κ3) is 3.33. The predicted octanol–water partition coefficient (Wildman–Crippen LogP) is 4.75. The minimum absolute atomic E-state index is 0.258. The molecular formula is C16H13BrClN3O2. The van der Waals surface area contributed by atoms with Crippen LogP contribution in [0, 0.1) is 13.8 Å². The molecule has 1 N–H and O–H groups in total. The smallest absolute Gasteiger partial charge is 0.292 e. The number of aromatic nitrogens is 2. The minimum Gasteiger partial charge on any atom is -0.444 e. The van der Waals surface area contributed by atoms with Crippen LogP contribution in [0.25, 0.3) is 5.69 Å². The molecule has 2 aromatic heterocycles. The molecular weight excluding hydrogens is 382 g/mol.